The lowest BCUT2D eigenvalue weighted by molar-refractivity contribution is 0.259. The predicted octanol–water partition coefficient (Wildman–Crippen LogP) is 6.03. The lowest BCUT2D eigenvalue weighted by Crippen LogP contribution is -2.43. The number of hydrogen-bond donors (Lipinski definition) is 2. The van der Waals surface area contributed by atoms with Crippen LogP contribution in [0.2, 0.25) is 0 Å². The van der Waals surface area contributed by atoms with E-state index in [-0.39, 0.29) is 12.3 Å². The van der Waals surface area contributed by atoms with E-state index in [9.17, 15) is 0 Å². The Morgan fingerprint density at radius 2 is 1.44 bits per heavy atom. The second kappa shape index (κ2) is 15.3. The molecule has 1 heterocycles. The van der Waals surface area contributed by atoms with Crippen LogP contribution in [0.3, 0.4) is 0 Å². The van der Waals surface area contributed by atoms with Gasteiger partial charge in [0.1, 0.15) is 6.17 Å². The molecular formula is C22H43N3. The molecule has 0 aromatic carbocycles. The lowest BCUT2D eigenvalue weighted by atomic mass is 10.0. The Bertz CT molecular complexity index is 349. The van der Waals surface area contributed by atoms with Crippen molar-refractivity contribution in [1.82, 2.24) is 10.2 Å². The molecule has 0 aromatic heterocycles. The summed E-state index contributed by atoms with van der Waals surface area (Å²) in [5, 5.41) is 3.32. The first-order valence-corrected chi connectivity index (χ1v) is 10.9. The van der Waals surface area contributed by atoms with Crippen molar-refractivity contribution in [2.45, 2.75) is 116 Å². The molecule has 0 amide bonds. The highest BCUT2D eigenvalue weighted by atomic mass is 15.3. The Labute approximate surface area is 157 Å². The van der Waals surface area contributed by atoms with Crippen molar-refractivity contribution < 1.29 is 0 Å². The van der Waals surface area contributed by atoms with Gasteiger partial charge in [0.15, 0.2) is 0 Å². The first kappa shape index (κ1) is 22.1. The third-order valence-electron chi connectivity index (χ3n) is 5.10. The normalized spacial score (nSPS) is 18.2. The van der Waals surface area contributed by atoms with Gasteiger partial charge in [0.25, 0.3) is 0 Å². The van der Waals surface area contributed by atoms with E-state index in [1.54, 1.807) is 0 Å². The SMILES string of the molecule is CCCCCCCCCCCCCCC/C=C/C1NC=CN1C(C)N. The highest BCUT2D eigenvalue weighted by Gasteiger charge is 2.17. The third kappa shape index (κ3) is 11.3. The molecule has 0 aromatic rings. The zero-order chi connectivity index (χ0) is 18.2. The molecule has 146 valence electrons. The molecular weight excluding hydrogens is 306 g/mol. The monoisotopic (exact) mass is 349 g/mol. The smallest absolute Gasteiger partial charge is 0.119 e. The number of nitrogens with one attached hydrogen (secondary N) is 1. The average molecular weight is 350 g/mol. The van der Waals surface area contributed by atoms with Crippen LogP contribution >= 0.6 is 0 Å². The van der Waals surface area contributed by atoms with Crippen LogP contribution in [0.1, 0.15) is 104 Å². The largest absolute Gasteiger partial charge is 0.367 e. The molecule has 0 bridgehead atoms. The van der Waals surface area contributed by atoms with Gasteiger partial charge in [-0.3, -0.25) is 0 Å². The maximum Gasteiger partial charge on any atom is 0.119 e. The zero-order valence-electron chi connectivity index (χ0n) is 16.9. The van der Waals surface area contributed by atoms with Crippen molar-refractivity contribution in [3.63, 3.8) is 0 Å². The Balaban J connectivity index is 1.82. The van der Waals surface area contributed by atoms with Gasteiger partial charge in [-0.05, 0) is 25.8 Å². The molecule has 0 aliphatic carbocycles. The zero-order valence-corrected chi connectivity index (χ0v) is 16.9. The summed E-state index contributed by atoms with van der Waals surface area (Å²) in [5.41, 5.74) is 5.94. The van der Waals surface area contributed by atoms with Gasteiger partial charge in [0.2, 0.25) is 0 Å². The molecule has 1 rings (SSSR count). The van der Waals surface area contributed by atoms with Crippen molar-refractivity contribution in [3.8, 4) is 0 Å². The number of hydrogen-bond acceptors (Lipinski definition) is 3. The van der Waals surface area contributed by atoms with Gasteiger partial charge in [0, 0.05) is 12.4 Å². The van der Waals surface area contributed by atoms with Gasteiger partial charge in [-0.2, -0.15) is 0 Å². The van der Waals surface area contributed by atoms with Crippen LogP contribution in [0, 0.1) is 0 Å². The fourth-order valence-electron chi connectivity index (χ4n) is 3.46. The van der Waals surface area contributed by atoms with Gasteiger partial charge in [-0.15, -0.1) is 0 Å². The van der Waals surface area contributed by atoms with Gasteiger partial charge >= 0.3 is 0 Å². The molecule has 0 saturated heterocycles. The minimum atomic E-state index is 0.0530. The highest BCUT2D eigenvalue weighted by molar-refractivity contribution is 5.05. The van der Waals surface area contributed by atoms with Crippen molar-refractivity contribution in [3.05, 3.63) is 24.6 Å². The van der Waals surface area contributed by atoms with E-state index in [4.69, 9.17) is 5.73 Å². The predicted molar refractivity (Wildman–Crippen MR) is 111 cm³/mol. The summed E-state index contributed by atoms with van der Waals surface area (Å²) in [6.45, 7) is 4.31. The highest BCUT2D eigenvalue weighted by Crippen LogP contribution is 2.13. The lowest BCUT2D eigenvalue weighted by Gasteiger charge is -2.26. The first-order chi connectivity index (χ1) is 12.3. The maximum atomic E-state index is 5.94. The van der Waals surface area contributed by atoms with Crippen molar-refractivity contribution in [1.29, 1.82) is 0 Å². The van der Waals surface area contributed by atoms with Crippen molar-refractivity contribution >= 4 is 0 Å². The molecule has 3 N–H and O–H groups in total. The fourth-order valence-corrected chi connectivity index (χ4v) is 3.46. The minimum Gasteiger partial charge on any atom is -0.367 e. The quantitative estimate of drug-likeness (QED) is 0.264. The van der Waals surface area contributed by atoms with E-state index in [2.05, 4.69) is 29.3 Å². The Kier molecular flexibility index (Phi) is 13.5. The van der Waals surface area contributed by atoms with Crippen LogP contribution in [-0.2, 0) is 0 Å². The van der Waals surface area contributed by atoms with Crippen molar-refractivity contribution in [2.75, 3.05) is 0 Å². The Morgan fingerprint density at radius 3 is 1.96 bits per heavy atom. The second-order valence-corrected chi connectivity index (χ2v) is 7.57. The molecule has 0 saturated carbocycles. The molecule has 0 spiro atoms. The van der Waals surface area contributed by atoms with E-state index in [1.165, 1.54) is 89.9 Å². The molecule has 1 aliphatic rings. The van der Waals surface area contributed by atoms with Crippen LogP contribution in [0.25, 0.3) is 0 Å². The molecule has 2 unspecified atom stereocenters. The molecule has 1 aliphatic heterocycles. The number of rotatable bonds is 16. The molecule has 0 fully saturated rings. The molecule has 25 heavy (non-hydrogen) atoms. The Hall–Kier alpha value is -0.960. The van der Waals surface area contributed by atoms with Gasteiger partial charge in [-0.1, -0.05) is 90.0 Å². The van der Waals surface area contributed by atoms with Gasteiger partial charge < -0.3 is 16.0 Å². The number of nitrogens with zero attached hydrogens (tertiary/aromatic N) is 1. The van der Waals surface area contributed by atoms with E-state index < -0.39 is 0 Å². The van der Waals surface area contributed by atoms with E-state index >= 15 is 0 Å². The standard InChI is InChI=1S/C22H43N3/c1-3-4-5-6-7-8-9-10-11-12-13-14-15-16-17-18-22-24-19-20-25(22)21(2)23/h17-22,24H,3-16,23H2,1-2H3/b18-17+. The molecule has 2 atom stereocenters. The van der Waals surface area contributed by atoms with Crippen LogP contribution in [-0.4, -0.2) is 17.2 Å². The molecule has 3 nitrogen and oxygen atoms in total. The summed E-state index contributed by atoms with van der Waals surface area (Å²) in [4.78, 5) is 2.14. The van der Waals surface area contributed by atoms with E-state index in [0.717, 1.165) is 0 Å². The summed E-state index contributed by atoms with van der Waals surface area (Å²) in [6.07, 6.45) is 28.5. The van der Waals surface area contributed by atoms with Crippen LogP contribution in [0.4, 0.5) is 0 Å². The number of allylic oxidation sites excluding steroid dienone is 1. The summed E-state index contributed by atoms with van der Waals surface area (Å²) < 4.78 is 0. The summed E-state index contributed by atoms with van der Waals surface area (Å²) in [6, 6.07) is 0. The van der Waals surface area contributed by atoms with Crippen LogP contribution in [0.15, 0.2) is 24.6 Å². The fraction of sp³-hybridized carbons (Fsp3) is 0.818. The molecule has 0 radical (unpaired) electrons. The molecule has 3 heteroatoms. The van der Waals surface area contributed by atoms with Crippen LogP contribution < -0.4 is 11.1 Å². The second-order valence-electron chi connectivity index (χ2n) is 7.57. The van der Waals surface area contributed by atoms with Gasteiger partial charge in [0.05, 0.1) is 6.17 Å². The van der Waals surface area contributed by atoms with E-state index in [0.29, 0.717) is 0 Å². The Morgan fingerprint density at radius 1 is 0.920 bits per heavy atom. The van der Waals surface area contributed by atoms with Crippen LogP contribution in [0.5, 0.6) is 0 Å². The summed E-state index contributed by atoms with van der Waals surface area (Å²) >= 11 is 0. The third-order valence-corrected chi connectivity index (χ3v) is 5.10. The number of nitrogens with two attached hydrogens (primary N) is 1. The van der Waals surface area contributed by atoms with Crippen molar-refractivity contribution in [2.24, 2.45) is 5.73 Å². The first-order valence-electron chi connectivity index (χ1n) is 10.9. The van der Waals surface area contributed by atoms with E-state index in [1.807, 2.05) is 19.3 Å². The summed E-state index contributed by atoms with van der Waals surface area (Å²) in [5.74, 6) is 0. The summed E-state index contributed by atoms with van der Waals surface area (Å²) in [7, 11) is 0. The van der Waals surface area contributed by atoms with Gasteiger partial charge in [-0.25, -0.2) is 0 Å². The number of unbranched alkanes of at least 4 members (excludes halogenated alkanes) is 13. The maximum absolute atomic E-state index is 5.94. The minimum absolute atomic E-state index is 0.0530. The topological polar surface area (TPSA) is 41.3 Å². The average Bonchev–Trinajstić information content (AvgIpc) is 3.07.